The highest BCUT2D eigenvalue weighted by Gasteiger charge is 2.10. The Morgan fingerprint density at radius 2 is 1.96 bits per heavy atom. The number of ether oxygens (including phenoxy) is 1. The molecule has 1 N–H and O–H groups in total. The van der Waals surface area contributed by atoms with Gasteiger partial charge in [0.1, 0.15) is 0 Å². The summed E-state index contributed by atoms with van der Waals surface area (Å²) in [6, 6.07) is 8.57. The normalized spacial score (nSPS) is 17.9. The van der Waals surface area contributed by atoms with E-state index in [1.54, 1.807) is 11.3 Å². The lowest BCUT2D eigenvalue weighted by molar-refractivity contribution is 0.116. The fourth-order valence-corrected chi connectivity index (χ4v) is 4.21. The van der Waals surface area contributed by atoms with Crippen LogP contribution in [0.4, 0.5) is 0 Å². The van der Waals surface area contributed by atoms with Gasteiger partial charge in [-0.1, -0.05) is 49.9 Å². The first kappa shape index (κ1) is 19.5. The van der Waals surface area contributed by atoms with Crippen molar-refractivity contribution in [2.24, 2.45) is 5.92 Å². The third-order valence-corrected chi connectivity index (χ3v) is 5.84. The van der Waals surface area contributed by atoms with Crippen LogP contribution < -0.4 is 5.32 Å². The maximum atomic E-state index is 5.84. The first-order valence-corrected chi connectivity index (χ1v) is 11.1. The molecule has 1 aliphatic rings. The molecule has 1 aromatic heterocycles. The van der Waals surface area contributed by atoms with Gasteiger partial charge in [-0.05, 0) is 50.3 Å². The van der Waals surface area contributed by atoms with Crippen molar-refractivity contribution in [2.45, 2.75) is 58.0 Å². The van der Waals surface area contributed by atoms with E-state index >= 15 is 0 Å². The van der Waals surface area contributed by atoms with Crippen molar-refractivity contribution >= 4 is 11.3 Å². The minimum atomic E-state index is 0.713. The van der Waals surface area contributed by atoms with Gasteiger partial charge in [0.05, 0.1) is 17.8 Å². The summed E-state index contributed by atoms with van der Waals surface area (Å²) in [5, 5.41) is 5.65. The summed E-state index contributed by atoms with van der Waals surface area (Å²) in [5.41, 5.74) is 5.35. The fraction of sp³-hybridized carbons (Fsp3) is 0.591. The lowest BCUT2D eigenvalue weighted by atomic mass is 9.96. The number of aromatic nitrogens is 1. The summed E-state index contributed by atoms with van der Waals surface area (Å²) in [7, 11) is 0. The third kappa shape index (κ3) is 6.82. The predicted molar refractivity (Wildman–Crippen MR) is 111 cm³/mol. The second-order valence-corrected chi connectivity index (χ2v) is 8.11. The molecule has 142 valence electrons. The molecule has 26 heavy (non-hydrogen) atoms. The van der Waals surface area contributed by atoms with Crippen LogP contribution in [0.25, 0.3) is 11.3 Å². The van der Waals surface area contributed by atoms with Gasteiger partial charge >= 0.3 is 0 Å². The molecule has 4 heteroatoms. The van der Waals surface area contributed by atoms with Crippen molar-refractivity contribution in [1.29, 1.82) is 0 Å². The summed E-state index contributed by atoms with van der Waals surface area (Å²) >= 11 is 1.63. The molecule has 2 heterocycles. The maximum absolute atomic E-state index is 5.84. The van der Waals surface area contributed by atoms with E-state index in [1.165, 1.54) is 75.6 Å². The van der Waals surface area contributed by atoms with Crippen molar-refractivity contribution in [3.05, 3.63) is 40.7 Å². The minimum absolute atomic E-state index is 0.713. The SMILES string of the molecule is c1nc(-c2ccc(COCCCCCCC3CCCCNC3)cc2)cs1. The molecule has 1 atom stereocenters. The molecule has 3 nitrogen and oxygen atoms in total. The molecule has 0 aliphatic carbocycles. The van der Waals surface area contributed by atoms with Crippen LogP contribution in [0.2, 0.25) is 0 Å². The quantitative estimate of drug-likeness (QED) is 0.546. The molecule has 1 aliphatic heterocycles. The monoisotopic (exact) mass is 372 g/mol. The standard InChI is InChI=1S/C22H32N2OS/c1(3-7-19-8-4-5-13-23-15-19)2-6-14-25-16-20-9-11-21(12-10-20)22-17-26-18-24-22/h9-12,17-19,23H,1-8,13-16H2. The van der Waals surface area contributed by atoms with Gasteiger partial charge < -0.3 is 10.1 Å². The first-order valence-electron chi connectivity index (χ1n) is 10.2. The van der Waals surface area contributed by atoms with Gasteiger partial charge in [0.25, 0.3) is 0 Å². The summed E-state index contributed by atoms with van der Waals surface area (Å²) in [5.74, 6) is 0.918. The number of nitrogens with zero attached hydrogens (tertiary/aromatic N) is 1. The van der Waals surface area contributed by atoms with Gasteiger partial charge in [0.2, 0.25) is 0 Å². The van der Waals surface area contributed by atoms with E-state index in [2.05, 4.69) is 39.9 Å². The van der Waals surface area contributed by atoms with Gasteiger partial charge in [0.15, 0.2) is 0 Å². The molecule has 0 saturated carbocycles. The number of nitrogens with one attached hydrogen (secondary N) is 1. The lowest BCUT2D eigenvalue weighted by Gasteiger charge is -2.13. The number of unbranched alkanes of at least 4 members (excludes halogenated alkanes) is 3. The van der Waals surface area contributed by atoms with Crippen LogP contribution in [0.3, 0.4) is 0 Å². The largest absolute Gasteiger partial charge is 0.377 e. The number of rotatable bonds is 10. The van der Waals surface area contributed by atoms with Gasteiger partial charge in [-0.15, -0.1) is 11.3 Å². The second kappa shape index (κ2) is 11.5. The maximum Gasteiger partial charge on any atom is 0.0811 e. The second-order valence-electron chi connectivity index (χ2n) is 7.39. The molecule has 0 radical (unpaired) electrons. The highest BCUT2D eigenvalue weighted by atomic mass is 32.1. The van der Waals surface area contributed by atoms with E-state index in [0.717, 1.165) is 18.2 Å². The Kier molecular flexibility index (Phi) is 8.62. The van der Waals surface area contributed by atoms with Gasteiger partial charge in [-0.2, -0.15) is 0 Å². The summed E-state index contributed by atoms with van der Waals surface area (Å²) < 4.78 is 5.84. The van der Waals surface area contributed by atoms with Crippen LogP contribution in [0, 0.1) is 5.92 Å². The van der Waals surface area contributed by atoms with Crippen molar-refractivity contribution < 1.29 is 4.74 Å². The molecule has 1 fully saturated rings. The molecule has 1 aromatic carbocycles. The van der Waals surface area contributed by atoms with E-state index in [1.807, 2.05) is 5.51 Å². The Balaban J connectivity index is 1.21. The van der Waals surface area contributed by atoms with E-state index < -0.39 is 0 Å². The highest BCUT2D eigenvalue weighted by molar-refractivity contribution is 7.07. The van der Waals surface area contributed by atoms with Crippen LogP contribution in [0.1, 0.15) is 56.9 Å². The Morgan fingerprint density at radius 3 is 2.81 bits per heavy atom. The van der Waals surface area contributed by atoms with Crippen molar-refractivity contribution in [3.8, 4) is 11.3 Å². The zero-order chi connectivity index (χ0) is 17.9. The Labute approximate surface area is 162 Å². The Hall–Kier alpha value is -1.23. The molecule has 2 aromatic rings. The zero-order valence-corrected chi connectivity index (χ0v) is 16.6. The Morgan fingerprint density at radius 1 is 1.08 bits per heavy atom. The number of hydrogen-bond donors (Lipinski definition) is 1. The predicted octanol–water partition coefficient (Wildman–Crippen LogP) is 5.67. The topological polar surface area (TPSA) is 34.1 Å². The minimum Gasteiger partial charge on any atom is -0.377 e. The van der Waals surface area contributed by atoms with Gasteiger partial charge in [-0.25, -0.2) is 4.98 Å². The number of thiazole rings is 1. The van der Waals surface area contributed by atoms with E-state index in [4.69, 9.17) is 4.74 Å². The fourth-order valence-electron chi connectivity index (χ4n) is 3.65. The zero-order valence-electron chi connectivity index (χ0n) is 15.8. The van der Waals surface area contributed by atoms with E-state index in [-0.39, 0.29) is 0 Å². The summed E-state index contributed by atoms with van der Waals surface area (Å²) in [4.78, 5) is 4.35. The number of benzene rings is 1. The van der Waals surface area contributed by atoms with Crippen LogP contribution in [-0.4, -0.2) is 24.7 Å². The molecular weight excluding hydrogens is 340 g/mol. The molecule has 0 bridgehead atoms. The molecule has 3 rings (SSSR count). The average Bonchev–Trinajstić information content (AvgIpc) is 3.09. The van der Waals surface area contributed by atoms with Crippen molar-refractivity contribution in [3.63, 3.8) is 0 Å². The molecule has 1 unspecified atom stereocenters. The molecule has 0 amide bonds. The lowest BCUT2D eigenvalue weighted by Crippen LogP contribution is -2.20. The molecule has 1 saturated heterocycles. The van der Waals surface area contributed by atoms with Crippen LogP contribution >= 0.6 is 11.3 Å². The molecular formula is C22H32N2OS. The van der Waals surface area contributed by atoms with Crippen LogP contribution in [0.15, 0.2) is 35.2 Å². The van der Waals surface area contributed by atoms with Crippen molar-refractivity contribution in [2.75, 3.05) is 19.7 Å². The van der Waals surface area contributed by atoms with Crippen LogP contribution in [-0.2, 0) is 11.3 Å². The highest BCUT2D eigenvalue weighted by Crippen LogP contribution is 2.20. The first-order chi connectivity index (χ1) is 12.9. The van der Waals surface area contributed by atoms with Gasteiger partial charge in [0, 0.05) is 17.6 Å². The molecule has 0 spiro atoms. The summed E-state index contributed by atoms with van der Waals surface area (Å²) in [6.07, 6.45) is 10.8. The van der Waals surface area contributed by atoms with E-state index in [0.29, 0.717) is 6.61 Å². The van der Waals surface area contributed by atoms with E-state index in [9.17, 15) is 0 Å². The summed E-state index contributed by atoms with van der Waals surface area (Å²) in [6.45, 7) is 4.05. The van der Waals surface area contributed by atoms with Crippen LogP contribution in [0.5, 0.6) is 0 Å². The smallest absolute Gasteiger partial charge is 0.0811 e. The van der Waals surface area contributed by atoms with Crippen molar-refractivity contribution in [1.82, 2.24) is 10.3 Å². The Bertz CT molecular complexity index is 589. The average molecular weight is 373 g/mol. The third-order valence-electron chi connectivity index (χ3n) is 5.25. The number of hydrogen-bond acceptors (Lipinski definition) is 4. The van der Waals surface area contributed by atoms with Gasteiger partial charge in [-0.3, -0.25) is 0 Å².